The Morgan fingerprint density at radius 2 is 2.17 bits per heavy atom. The van der Waals surface area contributed by atoms with Crippen LogP contribution in [0.25, 0.3) is 0 Å². The molecule has 0 amide bonds. The molecule has 0 fully saturated rings. The topological polar surface area (TPSA) is 97.8 Å². The highest BCUT2D eigenvalue weighted by atomic mass is 32.2. The van der Waals surface area contributed by atoms with Crippen LogP contribution >= 0.6 is 0 Å². The number of aromatic nitrogens is 1. The Hall–Kier alpha value is -1.50. The van der Waals surface area contributed by atoms with Gasteiger partial charge >= 0.3 is 10.0 Å². The van der Waals surface area contributed by atoms with Crippen LogP contribution in [0.2, 0.25) is 0 Å². The summed E-state index contributed by atoms with van der Waals surface area (Å²) in [4.78, 5) is 3.57. The molecule has 0 spiro atoms. The average Bonchev–Trinajstić information content (AvgIpc) is 2.06. The molecule has 0 atom stereocenters. The van der Waals surface area contributed by atoms with E-state index in [2.05, 4.69) is 20.6 Å². The first-order valence-electron chi connectivity index (χ1n) is 2.95. The third-order valence-electron chi connectivity index (χ3n) is 1.06. The van der Waals surface area contributed by atoms with Gasteiger partial charge in [0.05, 0.1) is 0 Å². The van der Waals surface area contributed by atoms with Gasteiger partial charge < -0.3 is 5.84 Å². The van der Waals surface area contributed by atoms with E-state index in [9.17, 15) is 8.42 Å². The highest BCUT2D eigenvalue weighted by molar-refractivity contribution is 7.89. The monoisotopic (exact) mass is 186 g/mol. The van der Waals surface area contributed by atoms with Crippen molar-refractivity contribution in [2.75, 3.05) is 0 Å². The van der Waals surface area contributed by atoms with Crippen molar-refractivity contribution >= 4 is 10.0 Å². The molecular weight excluding hydrogens is 180 g/mol. The van der Waals surface area contributed by atoms with E-state index >= 15 is 0 Å². The molecule has 1 rings (SSSR count). The average molecular weight is 186 g/mol. The fourth-order valence-electron chi connectivity index (χ4n) is 0.604. The molecule has 0 unspecified atom stereocenters. The summed E-state index contributed by atoms with van der Waals surface area (Å²) < 4.78 is 24.9. The molecule has 0 aliphatic carbocycles. The lowest BCUT2D eigenvalue weighted by Gasteiger charge is -1.92. The fraction of sp³-hybridized carbons (Fsp3) is 0. The minimum atomic E-state index is -3.79. The Labute approximate surface area is 69.2 Å². The van der Waals surface area contributed by atoms with Crippen LogP contribution in [0, 0.1) is 0 Å². The quantitative estimate of drug-likeness (QED) is 0.402. The van der Waals surface area contributed by atoms with Gasteiger partial charge in [0.15, 0.2) is 5.03 Å². The van der Waals surface area contributed by atoms with Gasteiger partial charge in [0.1, 0.15) is 0 Å². The Balaban J connectivity index is 3.16. The maximum absolute atomic E-state index is 11.0. The van der Waals surface area contributed by atoms with Gasteiger partial charge in [-0.2, -0.15) is 8.42 Å². The zero-order valence-corrected chi connectivity index (χ0v) is 6.77. The zero-order chi connectivity index (χ0) is 9.03. The van der Waals surface area contributed by atoms with Gasteiger partial charge in [-0.05, 0) is 16.7 Å². The van der Waals surface area contributed by atoms with Crippen molar-refractivity contribution in [2.45, 2.75) is 5.03 Å². The Morgan fingerprint density at radius 1 is 1.42 bits per heavy atom. The Morgan fingerprint density at radius 3 is 2.67 bits per heavy atom. The maximum Gasteiger partial charge on any atom is 0.318 e. The van der Waals surface area contributed by atoms with Crippen LogP contribution in [0.4, 0.5) is 0 Å². The van der Waals surface area contributed by atoms with E-state index in [4.69, 9.17) is 0 Å². The smallest absolute Gasteiger partial charge is 0.304 e. The van der Waals surface area contributed by atoms with Crippen LogP contribution in [0.3, 0.4) is 0 Å². The van der Waals surface area contributed by atoms with Crippen molar-refractivity contribution < 1.29 is 8.42 Å². The van der Waals surface area contributed by atoms with Crippen LogP contribution in [0.1, 0.15) is 0 Å². The first kappa shape index (κ1) is 8.60. The summed E-state index contributed by atoms with van der Waals surface area (Å²) in [7, 11) is -3.79. The zero-order valence-electron chi connectivity index (χ0n) is 5.95. The largest absolute Gasteiger partial charge is 0.318 e. The summed E-state index contributed by atoms with van der Waals surface area (Å²) >= 11 is 0. The predicted octanol–water partition coefficient (Wildman–Crippen LogP) is 0.0962. The second-order valence-corrected chi connectivity index (χ2v) is 3.37. The molecule has 1 aromatic heterocycles. The van der Waals surface area contributed by atoms with E-state index in [1.807, 2.05) is 0 Å². The van der Waals surface area contributed by atoms with E-state index in [1.165, 1.54) is 18.3 Å². The van der Waals surface area contributed by atoms with Crippen molar-refractivity contribution in [3.05, 3.63) is 24.4 Å². The highest BCUT2D eigenvalue weighted by Crippen LogP contribution is 2.06. The number of sulfonamides is 1. The van der Waals surface area contributed by atoms with Crippen LogP contribution in [0.5, 0.6) is 0 Å². The van der Waals surface area contributed by atoms with E-state index in [0.29, 0.717) is 0 Å². The van der Waals surface area contributed by atoms with Crippen LogP contribution < -0.4 is 5.84 Å². The van der Waals surface area contributed by atoms with Crippen molar-refractivity contribution in [1.29, 1.82) is 0 Å². The third kappa shape index (κ3) is 1.76. The van der Waals surface area contributed by atoms with E-state index in [1.54, 1.807) is 6.07 Å². The molecule has 1 heterocycles. The summed E-state index contributed by atoms with van der Waals surface area (Å²) in [6.45, 7) is 0. The third-order valence-corrected chi connectivity index (χ3v) is 2.14. The van der Waals surface area contributed by atoms with E-state index < -0.39 is 10.0 Å². The summed E-state index contributed by atoms with van der Waals surface area (Å²) in [5.74, 6) is 4.60. The maximum atomic E-state index is 11.0. The molecule has 0 radical (unpaired) electrons. The van der Waals surface area contributed by atoms with Crippen molar-refractivity contribution in [3.63, 3.8) is 0 Å². The number of nitrogens with zero attached hydrogens (tertiary/aromatic N) is 3. The number of nitrogens with two attached hydrogens (primary N) is 1. The second kappa shape index (κ2) is 3.26. The van der Waals surface area contributed by atoms with Gasteiger partial charge in [0, 0.05) is 6.20 Å². The number of hydrogen-bond acceptors (Lipinski definition) is 4. The predicted molar refractivity (Wildman–Crippen MR) is 40.5 cm³/mol. The van der Waals surface area contributed by atoms with Gasteiger partial charge in [-0.15, -0.1) is 0 Å². The first-order valence-corrected chi connectivity index (χ1v) is 4.39. The Kier molecular flexibility index (Phi) is 2.34. The van der Waals surface area contributed by atoms with Crippen molar-refractivity contribution in [1.82, 2.24) is 4.98 Å². The lowest BCUT2D eigenvalue weighted by atomic mass is 10.5. The minimum absolute atomic E-state index is 0.167. The molecule has 2 N–H and O–H groups in total. The molecule has 7 heteroatoms. The summed E-state index contributed by atoms with van der Waals surface area (Å²) in [5.41, 5.74) is 0. The molecule has 0 saturated carbocycles. The molecule has 64 valence electrons. The van der Waals surface area contributed by atoms with Crippen molar-refractivity contribution in [2.24, 2.45) is 15.6 Å². The normalized spacial score (nSPS) is 12.0. The summed E-state index contributed by atoms with van der Waals surface area (Å²) in [6.07, 6.45) is 1.35. The number of pyridine rings is 1. The second-order valence-electron chi connectivity index (χ2n) is 1.84. The first-order chi connectivity index (χ1) is 5.67. The SMILES string of the molecule is NN=NS(=O)(=O)c1ccccn1. The molecule has 0 aliphatic rings. The van der Waals surface area contributed by atoms with Gasteiger partial charge in [-0.3, -0.25) is 0 Å². The van der Waals surface area contributed by atoms with Crippen LogP contribution in [-0.4, -0.2) is 13.4 Å². The molecule has 0 saturated heterocycles. The number of hydrogen-bond donors (Lipinski definition) is 1. The van der Waals surface area contributed by atoms with Crippen molar-refractivity contribution in [3.8, 4) is 0 Å². The minimum Gasteiger partial charge on any atom is -0.304 e. The molecular formula is C5H6N4O2S. The van der Waals surface area contributed by atoms with E-state index in [-0.39, 0.29) is 5.03 Å². The molecule has 0 aliphatic heterocycles. The standard InChI is InChI=1S/C5H6N4O2S/c6-8-9-12(10,11)5-3-1-2-4-7-5/h1-4H,(H2,6,9). The van der Waals surface area contributed by atoms with Gasteiger partial charge in [-0.1, -0.05) is 11.3 Å². The Bertz CT molecular complexity index is 372. The molecule has 0 aromatic carbocycles. The molecule has 0 bridgehead atoms. The lowest BCUT2D eigenvalue weighted by molar-refractivity contribution is 0.591. The summed E-state index contributed by atoms with van der Waals surface area (Å²) in [5, 5.41) is 2.51. The van der Waals surface area contributed by atoms with Gasteiger partial charge in [0.25, 0.3) is 0 Å². The van der Waals surface area contributed by atoms with Crippen LogP contribution in [0.15, 0.2) is 39.2 Å². The number of rotatable bonds is 2. The van der Waals surface area contributed by atoms with E-state index in [0.717, 1.165) is 0 Å². The fourth-order valence-corrected chi connectivity index (χ4v) is 1.26. The van der Waals surface area contributed by atoms with Gasteiger partial charge in [0.2, 0.25) is 0 Å². The highest BCUT2D eigenvalue weighted by Gasteiger charge is 2.12. The molecule has 1 aromatic rings. The summed E-state index contributed by atoms with van der Waals surface area (Å²) in [6, 6.07) is 4.44. The van der Waals surface area contributed by atoms with Crippen LogP contribution in [-0.2, 0) is 10.0 Å². The molecule has 6 nitrogen and oxygen atoms in total. The van der Waals surface area contributed by atoms with Gasteiger partial charge in [-0.25, -0.2) is 4.98 Å². The lowest BCUT2D eigenvalue weighted by Crippen LogP contribution is -1.99. The molecule has 12 heavy (non-hydrogen) atoms.